The number of aliphatic imine (C=N–C) groups is 2. The summed E-state index contributed by atoms with van der Waals surface area (Å²) in [5.41, 5.74) is 28.1. The van der Waals surface area contributed by atoms with E-state index in [4.69, 9.17) is 28.7 Å². The van der Waals surface area contributed by atoms with Crippen molar-refractivity contribution in [2.24, 2.45) is 38.7 Å². The molecule has 8 amide bonds. The molecule has 2 rings (SSSR count). The molecule has 6 atom stereocenters. The second-order valence-electron chi connectivity index (χ2n) is 14.9. The number of amides is 8. The van der Waals surface area contributed by atoms with Gasteiger partial charge in [-0.25, -0.2) is 4.79 Å². The van der Waals surface area contributed by atoms with Gasteiger partial charge in [-0.05, 0) is 63.5 Å². The first-order valence-corrected chi connectivity index (χ1v) is 20.8. The van der Waals surface area contributed by atoms with Crippen LogP contribution in [0, 0.1) is 0 Å². The molecule has 0 saturated carbocycles. The quantitative estimate of drug-likeness (QED) is 0.0418. The Labute approximate surface area is 370 Å². The van der Waals surface area contributed by atoms with Gasteiger partial charge in [0.05, 0.1) is 6.54 Å². The summed E-state index contributed by atoms with van der Waals surface area (Å²) in [7, 11) is 0. The number of carboxylic acid groups (broad SMARTS) is 1. The summed E-state index contributed by atoms with van der Waals surface area (Å²) in [6.45, 7) is 0.423. The number of carboxylic acids is 1. The second-order valence-corrected chi connectivity index (χ2v) is 14.9. The van der Waals surface area contributed by atoms with E-state index < -0.39 is 96.0 Å². The van der Waals surface area contributed by atoms with Crippen molar-refractivity contribution in [3.63, 3.8) is 0 Å². The smallest absolute Gasteiger partial charge is 0.326 e. The van der Waals surface area contributed by atoms with Gasteiger partial charge in [0.2, 0.25) is 47.3 Å². The normalized spacial score (nSPS) is 21.4. The van der Waals surface area contributed by atoms with Crippen LogP contribution in [-0.4, -0.2) is 139 Å². The van der Waals surface area contributed by atoms with Crippen molar-refractivity contribution in [3.05, 3.63) is 35.9 Å². The molecule has 25 heteroatoms. The lowest BCUT2D eigenvalue weighted by Crippen LogP contribution is -2.60. The van der Waals surface area contributed by atoms with Crippen LogP contribution in [-0.2, 0) is 49.6 Å². The van der Waals surface area contributed by atoms with Crippen molar-refractivity contribution in [2.45, 2.75) is 107 Å². The van der Waals surface area contributed by atoms with Gasteiger partial charge < -0.3 is 76.3 Å². The summed E-state index contributed by atoms with van der Waals surface area (Å²) in [4.78, 5) is 127. The van der Waals surface area contributed by atoms with Gasteiger partial charge in [-0.1, -0.05) is 30.3 Å². The van der Waals surface area contributed by atoms with Gasteiger partial charge in [0.1, 0.15) is 36.3 Å². The van der Waals surface area contributed by atoms with Gasteiger partial charge in [0, 0.05) is 39.4 Å². The Bertz CT molecular complexity index is 1820. The number of aliphatic carboxylic acids is 1. The van der Waals surface area contributed by atoms with Crippen molar-refractivity contribution in [1.82, 2.24) is 42.5 Å². The van der Waals surface area contributed by atoms with E-state index >= 15 is 0 Å². The average molecular weight is 902 g/mol. The first-order chi connectivity index (χ1) is 30.4. The minimum atomic E-state index is -1.43. The number of nitrogens with zero attached hydrogens (tertiary/aromatic N) is 2. The monoisotopic (exact) mass is 901 g/mol. The van der Waals surface area contributed by atoms with E-state index in [0.29, 0.717) is 5.56 Å². The fourth-order valence-electron chi connectivity index (χ4n) is 6.35. The SMILES string of the molecule is CC(=O)N[C@@H](CCCN=C(N)N)C(=O)N[C@H]1CCNC(=O)CCC[C@@H](C(=O)O)NC(=O)CNC(=O)[C@H](CCCN=C(N)N)NC(=O)[C@@H](Cc2ccccc2)NC(=O)[C@H](CCN)NC1=O. The highest BCUT2D eigenvalue weighted by atomic mass is 16.4. The van der Waals surface area contributed by atoms with Crippen LogP contribution in [0.1, 0.15) is 70.3 Å². The number of hydrogen-bond acceptors (Lipinski definition) is 12. The molecule has 1 saturated heterocycles. The molecule has 1 aliphatic rings. The predicted octanol–water partition coefficient (Wildman–Crippen LogP) is -5.50. The molecule has 1 heterocycles. The van der Waals surface area contributed by atoms with Gasteiger partial charge in [-0.15, -0.1) is 0 Å². The number of carbonyl (C=O) groups excluding carboxylic acids is 8. The number of rotatable bonds is 16. The highest BCUT2D eigenvalue weighted by molar-refractivity contribution is 5.97. The van der Waals surface area contributed by atoms with E-state index in [-0.39, 0.29) is 102 Å². The molecule has 1 fully saturated rings. The maximum absolute atomic E-state index is 14.1. The molecule has 0 aliphatic carbocycles. The standard InChI is InChI=1S/C39H63N15O10/c1-22(55)49-25(12-7-18-47-39(43)44)33(59)53-27-15-19-45-30(56)13-5-10-28(37(63)64)50-31(57)21-48-32(58)24(11-6-17-46-38(41)42)51-36(62)29(20-23-8-3-2-4-9-23)54-34(60)26(14-16-40)52-35(27)61/h2-4,8-9,24-29H,5-7,10-21,40H2,1H3,(H,45,56)(H,48,58)(H,49,55)(H,50,57)(H,51,62)(H,52,61)(H,53,59)(H,54,60)(H,63,64)(H4,41,42,46)(H4,43,44,47)/t24-,25-,26-,27-,28-,29+/m0/s1. The number of carbonyl (C=O) groups is 9. The summed E-state index contributed by atoms with van der Waals surface area (Å²) in [5, 5.41) is 30.0. The van der Waals surface area contributed by atoms with E-state index in [1.807, 2.05) is 0 Å². The first-order valence-electron chi connectivity index (χ1n) is 20.8. The molecular weight excluding hydrogens is 839 g/mol. The summed E-state index contributed by atoms with van der Waals surface area (Å²) >= 11 is 0. The highest BCUT2D eigenvalue weighted by Crippen LogP contribution is 2.09. The summed E-state index contributed by atoms with van der Waals surface area (Å²) in [6, 6.07) is 0.536. The molecule has 1 aromatic carbocycles. The Morgan fingerprint density at radius 2 is 1.38 bits per heavy atom. The third-order valence-corrected chi connectivity index (χ3v) is 9.56. The van der Waals surface area contributed by atoms with Crippen LogP contribution in [0.15, 0.2) is 40.3 Å². The molecule has 0 unspecified atom stereocenters. The number of hydrogen-bond donors (Lipinski definition) is 14. The molecule has 0 radical (unpaired) electrons. The van der Waals surface area contributed by atoms with Crippen LogP contribution in [0.4, 0.5) is 0 Å². The Kier molecular flexibility index (Phi) is 23.7. The molecule has 0 spiro atoms. The van der Waals surface area contributed by atoms with Crippen molar-refractivity contribution >= 4 is 65.1 Å². The minimum Gasteiger partial charge on any atom is -0.480 e. The molecule has 354 valence electrons. The van der Waals surface area contributed by atoms with Crippen LogP contribution in [0.5, 0.6) is 0 Å². The van der Waals surface area contributed by atoms with Crippen molar-refractivity contribution in [3.8, 4) is 0 Å². The molecule has 0 aromatic heterocycles. The van der Waals surface area contributed by atoms with Crippen molar-refractivity contribution in [1.29, 1.82) is 0 Å². The molecule has 1 aromatic rings. The molecular formula is C39H63N15O10. The maximum atomic E-state index is 14.1. The van der Waals surface area contributed by atoms with E-state index in [1.54, 1.807) is 30.3 Å². The third-order valence-electron chi connectivity index (χ3n) is 9.56. The van der Waals surface area contributed by atoms with E-state index in [0.717, 1.165) is 0 Å². The van der Waals surface area contributed by atoms with Crippen LogP contribution in [0.2, 0.25) is 0 Å². The summed E-state index contributed by atoms with van der Waals surface area (Å²) in [6.07, 6.45) is -0.353. The topological polar surface area (TPSA) is 425 Å². The molecule has 19 N–H and O–H groups in total. The zero-order valence-electron chi connectivity index (χ0n) is 35.9. The van der Waals surface area contributed by atoms with E-state index in [9.17, 15) is 48.3 Å². The molecule has 25 nitrogen and oxygen atoms in total. The zero-order chi connectivity index (χ0) is 47.6. The van der Waals surface area contributed by atoms with Gasteiger partial charge in [0.15, 0.2) is 11.9 Å². The van der Waals surface area contributed by atoms with Crippen molar-refractivity contribution < 1.29 is 48.3 Å². The third kappa shape index (κ3) is 21.2. The lowest BCUT2D eigenvalue weighted by atomic mass is 10.0. The van der Waals surface area contributed by atoms with Crippen LogP contribution >= 0.6 is 0 Å². The largest absolute Gasteiger partial charge is 0.480 e. The maximum Gasteiger partial charge on any atom is 0.326 e. The Balaban J connectivity index is 2.56. The van der Waals surface area contributed by atoms with E-state index in [2.05, 4.69) is 52.5 Å². The predicted molar refractivity (Wildman–Crippen MR) is 233 cm³/mol. The highest BCUT2D eigenvalue weighted by Gasteiger charge is 2.33. The lowest BCUT2D eigenvalue weighted by Gasteiger charge is -2.27. The van der Waals surface area contributed by atoms with Gasteiger partial charge in [-0.2, -0.15) is 0 Å². The second kappa shape index (κ2) is 28.5. The molecule has 64 heavy (non-hydrogen) atoms. The molecule has 0 bridgehead atoms. The van der Waals surface area contributed by atoms with Gasteiger partial charge in [-0.3, -0.25) is 48.3 Å². The zero-order valence-corrected chi connectivity index (χ0v) is 35.9. The number of nitrogens with two attached hydrogens (primary N) is 5. The Morgan fingerprint density at radius 3 is 2.00 bits per heavy atom. The summed E-state index contributed by atoms with van der Waals surface area (Å²) < 4.78 is 0. The minimum absolute atomic E-state index is 0.00172. The Hall–Kier alpha value is -7.05. The first kappa shape index (κ1) is 53.1. The van der Waals surface area contributed by atoms with Crippen LogP contribution in [0.25, 0.3) is 0 Å². The number of benzene rings is 1. The fraction of sp³-hybridized carbons (Fsp3) is 0.564. The van der Waals surface area contributed by atoms with Crippen LogP contribution in [0.3, 0.4) is 0 Å². The number of nitrogens with one attached hydrogen (secondary N) is 8. The lowest BCUT2D eigenvalue weighted by molar-refractivity contribution is -0.142. The van der Waals surface area contributed by atoms with Gasteiger partial charge in [0.25, 0.3) is 0 Å². The Morgan fingerprint density at radius 1 is 0.766 bits per heavy atom. The van der Waals surface area contributed by atoms with Crippen molar-refractivity contribution in [2.75, 3.05) is 32.7 Å². The van der Waals surface area contributed by atoms with E-state index in [1.165, 1.54) is 6.92 Å². The fourth-order valence-corrected chi connectivity index (χ4v) is 6.35. The average Bonchev–Trinajstić information content (AvgIpc) is 3.23. The number of guanidine groups is 2. The molecule has 1 aliphatic heterocycles. The summed E-state index contributed by atoms with van der Waals surface area (Å²) in [5.74, 6) is -7.88. The van der Waals surface area contributed by atoms with Gasteiger partial charge >= 0.3 is 5.97 Å². The van der Waals surface area contributed by atoms with Crippen LogP contribution < -0.4 is 71.2 Å².